The number of pyridine rings is 3. The van der Waals surface area contributed by atoms with Crippen LogP contribution in [0.15, 0.2) is 59.8 Å². The molecule has 0 unspecified atom stereocenters. The van der Waals surface area contributed by atoms with Crippen molar-refractivity contribution in [1.82, 2.24) is 40.4 Å². The van der Waals surface area contributed by atoms with Crippen LogP contribution in [0, 0.1) is 5.92 Å². The van der Waals surface area contributed by atoms with Crippen molar-refractivity contribution in [2.24, 2.45) is 5.92 Å². The molecule has 10 nitrogen and oxygen atoms in total. The molecule has 6 aromatic heterocycles. The van der Waals surface area contributed by atoms with Crippen LogP contribution in [0.2, 0.25) is 0 Å². The third-order valence-corrected chi connectivity index (χ3v) is 7.81. The Hall–Kier alpha value is -4.48. The Balaban J connectivity index is 1.19. The molecular weight excluding hydrogens is 510 g/mol. The van der Waals surface area contributed by atoms with E-state index >= 15 is 0 Å². The Labute approximate surface area is 227 Å². The van der Waals surface area contributed by atoms with Crippen LogP contribution in [-0.2, 0) is 4.79 Å². The van der Waals surface area contributed by atoms with Crippen LogP contribution in [0.4, 0.5) is 5.69 Å². The van der Waals surface area contributed by atoms with Gasteiger partial charge in [0.1, 0.15) is 11.2 Å². The van der Waals surface area contributed by atoms with Gasteiger partial charge in [-0.2, -0.15) is 16.4 Å². The minimum atomic E-state index is 0.0211. The third-order valence-electron chi connectivity index (χ3n) is 7.13. The largest absolute Gasteiger partial charge is 0.337 e. The van der Waals surface area contributed by atoms with Gasteiger partial charge in [0.25, 0.3) is 0 Å². The fourth-order valence-electron chi connectivity index (χ4n) is 5.13. The first-order valence-electron chi connectivity index (χ1n) is 12.9. The normalized spacial score (nSPS) is 14.3. The average molecular weight is 536 g/mol. The van der Waals surface area contributed by atoms with E-state index in [1.165, 1.54) is 0 Å². The molecule has 1 saturated heterocycles. The van der Waals surface area contributed by atoms with Crippen molar-refractivity contribution in [3.63, 3.8) is 0 Å². The number of thiophene rings is 1. The highest BCUT2D eigenvalue weighted by molar-refractivity contribution is 7.08. The van der Waals surface area contributed by atoms with E-state index in [9.17, 15) is 4.79 Å². The van der Waals surface area contributed by atoms with Crippen LogP contribution in [-0.4, -0.2) is 54.1 Å². The Morgan fingerprint density at radius 1 is 1.05 bits per heavy atom. The molecule has 7 rings (SSSR count). The zero-order valence-corrected chi connectivity index (χ0v) is 21.8. The number of piperidine rings is 1. The van der Waals surface area contributed by atoms with Crippen LogP contribution in [0.3, 0.4) is 0 Å². The Bertz CT molecular complexity index is 1780. The first-order valence-corrected chi connectivity index (χ1v) is 13.8. The predicted octanol–water partition coefficient (Wildman–Crippen LogP) is 5.01. The summed E-state index contributed by atoms with van der Waals surface area (Å²) in [5.74, 6) is 1.10. The lowest BCUT2D eigenvalue weighted by Crippen LogP contribution is -2.30. The highest BCUT2D eigenvalue weighted by Crippen LogP contribution is 2.32. The lowest BCUT2D eigenvalue weighted by Gasteiger charge is -2.21. The number of hydrogen-bond acceptors (Lipinski definition) is 8. The highest BCUT2D eigenvalue weighted by atomic mass is 32.1. The quantitative estimate of drug-likeness (QED) is 0.235. The highest BCUT2D eigenvalue weighted by Gasteiger charge is 2.18. The van der Waals surface area contributed by atoms with E-state index in [1.807, 2.05) is 29.6 Å². The first-order chi connectivity index (χ1) is 19.2. The van der Waals surface area contributed by atoms with Crippen molar-refractivity contribution >= 4 is 45.0 Å². The minimum Gasteiger partial charge on any atom is -0.337 e. The van der Waals surface area contributed by atoms with Crippen molar-refractivity contribution < 1.29 is 4.79 Å². The van der Waals surface area contributed by atoms with Crippen molar-refractivity contribution in [3.05, 3.63) is 59.8 Å². The van der Waals surface area contributed by atoms with Gasteiger partial charge in [0.2, 0.25) is 5.91 Å². The number of rotatable bonds is 6. The standard InChI is InChI=1S/C28H25N9OS/c38-23(9-16-1-5-29-6-2-16)33-20-10-18(12-30-14-20)19-11-21-25(36-37-27(21)32-13-19)28-34-22-3-7-31-24(26(22)35-28)17-4-8-39-15-17/h3-4,7-8,10-16,29H,1-2,5-6,9H2,(H,33,38)(H,34,35)(H,32,36,37). The molecule has 0 spiro atoms. The van der Waals surface area contributed by atoms with Crippen LogP contribution in [0.1, 0.15) is 19.3 Å². The molecule has 6 aromatic rings. The average Bonchev–Trinajstić information content (AvgIpc) is 3.73. The number of H-pyrrole nitrogens is 2. The molecule has 0 aromatic carbocycles. The number of carbonyl (C=O) groups is 1. The van der Waals surface area contributed by atoms with Gasteiger partial charge in [-0.05, 0) is 61.5 Å². The summed E-state index contributed by atoms with van der Waals surface area (Å²) in [5.41, 5.74) is 7.29. The number of amides is 1. The molecule has 1 aliphatic rings. The van der Waals surface area contributed by atoms with E-state index in [-0.39, 0.29) is 5.91 Å². The zero-order chi connectivity index (χ0) is 26.2. The topological polar surface area (TPSA) is 137 Å². The summed E-state index contributed by atoms with van der Waals surface area (Å²) < 4.78 is 0. The summed E-state index contributed by atoms with van der Waals surface area (Å²) >= 11 is 1.63. The number of carbonyl (C=O) groups excluding carboxylic acids is 1. The van der Waals surface area contributed by atoms with Gasteiger partial charge in [-0.1, -0.05) is 0 Å². The Morgan fingerprint density at radius 2 is 1.95 bits per heavy atom. The van der Waals surface area contributed by atoms with Crippen LogP contribution in [0.5, 0.6) is 0 Å². The maximum Gasteiger partial charge on any atom is 0.224 e. The fraction of sp³-hybridized carbons (Fsp3) is 0.214. The number of nitrogens with one attached hydrogen (secondary N) is 4. The van der Waals surface area contributed by atoms with Gasteiger partial charge in [0.15, 0.2) is 11.5 Å². The van der Waals surface area contributed by atoms with E-state index in [0.717, 1.165) is 70.4 Å². The summed E-state index contributed by atoms with van der Waals surface area (Å²) in [5, 5.41) is 18.8. The number of imidazole rings is 1. The molecule has 1 fully saturated rings. The zero-order valence-electron chi connectivity index (χ0n) is 20.9. The van der Waals surface area contributed by atoms with E-state index in [4.69, 9.17) is 4.98 Å². The summed E-state index contributed by atoms with van der Waals surface area (Å²) in [4.78, 5) is 34.4. The molecule has 0 bridgehead atoms. The van der Waals surface area contributed by atoms with Gasteiger partial charge in [-0.15, -0.1) is 0 Å². The summed E-state index contributed by atoms with van der Waals surface area (Å²) in [6.07, 6.45) is 9.58. The summed E-state index contributed by atoms with van der Waals surface area (Å²) in [6, 6.07) is 7.90. The molecule has 0 saturated carbocycles. The van der Waals surface area contributed by atoms with E-state index in [1.54, 1.807) is 36.1 Å². The molecule has 1 amide bonds. The second-order valence-electron chi connectivity index (χ2n) is 9.75. The predicted molar refractivity (Wildman–Crippen MR) is 152 cm³/mol. The lowest BCUT2D eigenvalue weighted by molar-refractivity contribution is -0.117. The van der Waals surface area contributed by atoms with Gasteiger partial charge in [-0.25, -0.2) is 9.97 Å². The van der Waals surface area contributed by atoms with Crippen molar-refractivity contribution in [3.8, 4) is 33.9 Å². The molecule has 1 aliphatic heterocycles. The van der Waals surface area contributed by atoms with E-state index < -0.39 is 0 Å². The summed E-state index contributed by atoms with van der Waals surface area (Å²) in [7, 11) is 0. The monoisotopic (exact) mass is 535 g/mol. The molecule has 0 aliphatic carbocycles. The molecule has 7 heterocycles. The molecule has 0 radical (unpaired) electrons. The molecule has 39 heavy (non-hydrogen) atoms. The maximum atomic E-state index is 12.6. The smallest absolute Gasteiger partial charge is 0.224 e. The van der Waals surface area contributed by atoms with Crippen molar-refractivity contribution in [1.29, 1.82) is 0 Å². The van der Waals surface area contributed by atoms with Crippen LogP contribution < -0.4 is 10.6 Å². The first kappa shape index (κ1) is 23.6. The SMILES string of the molecule is O=C(CC1CCNCC1)Nc1cncc(-c2cnc3n[nH]c(-c4nc5c(-c6ccsc6)nccc5[nH]4)c3c2)c1. The Morgan fingerprint density at radius 3 is 2.82 bits per heavy atom. The van der Waals surface area contributed by atoms with Gasteiger partial charge in [0, 0.05) is 47.1 Å². The second kappa shape index (κ2) is 10.0. The van der Waals surface area contributed by atoms with Crippen LogP contribution >= 0.6 is 11.3 Å². The third kappa shape index (κ3) is 4.66. The van der Waals surface area contributed by atoms with Gasteiger partial charge < -0.3 is 15.6 Å². The van der Waals surface area contributed by atoms with Gasteiger partial charge in [-0.3, -0.25) is 19.9 Å². The van der Waals surface area contributed by atoms with Gasteiger partial charge in [0.05, 0.1) is 28.5 Å². The molecule has 4 N–H and O–H groups in total. The number of aromatic amines is 2. The number of fused-ring (bicyclic) bond motifs is 2. The minimum absolute atomic E-state index is 0.0211. The lowest BCUT2D eigenvalue weighted by atomic mass is 9.94. The van der Waals surface area contributed by atoms with Crippen molar-refractivity contribution in [2.45, 2.75) is 19.3 Å². The molecule has 0 atom stereocenters. The van der Waals surface area contributed by atoms with Crippen LogP contribution in [0.25, 0.3) is 56.0 Å². The van der Waals surface area contributed by atoms with E-state index in [0.29, 0.717) is 29.5 Å². The molecule has 11 heteroatoms. The fourth-order valence-corrected chi connectivity index (χ4v) is 5.77. The number of anilines is 1. The van der Waals surface area contributed by atoms with Crippen molar-refractivity contribution in [2.75, 3.05) is 18.4 Å². The Kier molecular flexibility index (Phi) is 6.06. The number of aromatic nitrogens is 7. The van der Waals surface area contributed by atoms with E-state index in [2.05, 4.69) is 46.1 Å². The number of nitrogens with zero attached hydrogens (tertiary/aromatic N) is 5. The number of hydrogen-bond donors (Lipinski definition) is 4. The molecular formula is C28H25N9OS. The summed E-state index contributed by atoms with van der Waals surface area (Å²) in [6.45, 7) is 1.95. The molecule has 194 valence electrons. The second-order valence-corrected chi connectivity index (χ2v) is 10.5. The van der Waals surface area contributed by atoms with Gasteiger partial charge >= 0.3 is 0 Å². The maximum absolute atomic E-state index is 12.6.